The van der Waals surface area contributed by atoms with E-state index in [-0.39, 0.29) is 11.4 Å². The zero-order valence-electron chi connectivity index (χ0n) is 9.99. The zero-order valence-corrected chi connectivity index (χ0v) is 9.99. The lowest BCUT2D eigenvalue weighted by Crippen LogP contribution is -2.44. The van der Waals surface area contributed by atoms with Crippen molar-refractivity contribution in [1.82, 2.24) is 10.6 Å². The lowest BCUT2D eigenvalue weighted by Gasteiger charge is -2.14. The first kappa shape index (κ1) is 13.8. The molecule has 0 spiro atoms. The third kappa shape index (κ3) is 3.62. The van der Waals surface area contributed by atoms with Crippen molar-refractivity contribution in [1.29, 1.82) is 0 Å². The number of ether oxygens (including phenoxy) is 1. The molecule has 1 rings (SSSR count). The van der Waals surface area contributed by atoms with E-state index in [1.807, 2.05) is 5.32 Å². The number of imide groups is 1. The Morgan fingerprint density at radius 1 is 1.44 bits per heavy atom. The molecule has 0 aliphatic heterocycles. The van der Waals surface area contributed by atoms with Crippen LogP contribution < -0.4 is 21.1 Å². The Morgan fingerprint density at radius 3 is 2.67 bits per heavy atom. The Kier molecular flexibility index (Phi) is 4.47. The van der Waals surface area contributed by atoms with Crippen LogP contribution in [0, 0.1) is 5.82 Å². The number of rotatable bonds is 3. The van der Waals surface area contributed by atoms with Crippen LogP contribution in [0.25, 0.3) is 0 Å². The van der Waals surface area contributed by atoms with Crippen LogP contribution in [-0.2, 0) is 4.79 Å². The molecule has 0 saturated carbocycles. The standard InChI is InChI=1S/C11H14FN3O3/c1-6(10(16)15-11(17)14-2)18-9-4-3-7(13)5-8(9)12/h3-6H,13H2,1-2H3,(H2,14,15,16,17). The smallest absolute Gasteiger partial charge is 0.321 e. The van der Waals surface area contributed by atoms with Crippen molar-refractivity contribution in [2.24, 2.45) is 0 Å². The molecule has 0 saturated heterocycles. The average Bonchev–Trinajstić information content (AvgIpc) is 2.32. The van der Waals surface area contributed by atoms with Gasteiger partial charge in [-0.2, -0.15) is 0 Å². The minimum atomic E-state index is -1.01. The fourth-order valence-electron chi connectivity index (χ4n) is 1.13. The van der Waals surface area contributed by atoms with Gasteiger partial charge >= 0.3 is 6.03 Å². The quantitative estimate of drug-likeness (QED) is 0.690. The highest BCUT2D eigenvalue weighted by molar-refractivity contribution is 5.96. The van der Waals surface area contributed by atoms with Crippen molar-refractivity contribution in [3.05, 3.63) is 24.0 Å². The maximum Gasteiger partial charge on any atom is 0.321 e. The van der Waals surface area contributed by atoms with Crippen molar-refractivity contribution in [3.8, 4) is 5.75 Å². The molecule has 1 aromatic carbocycles. The van der Waals surface area contributed by atoms with Gasteiger partial charge in [0.25, 0.3) is 5.91 Å². The minimum Gasteiger partial charge on any atom is -0.478 e. The number of anilines is 1. The van der Waals surface area contributed by atoms with E-state index < -0.39 is 23.9 Å². The number of urea groups is 1. The molecule has 7 heteroatoms. The summed E-state index contributed by atoms with van der Waals surface area (Å²) < 4.78 is 18.5. The molecule has 0 aliphatic carbocycles. The number of halogens is 1. The Labute approximate surface area is 103 Å². The molecule has 18 heavy (non-hydrogen) atoms. The third-order valence-corrected chi connectivity index (χ3v) is 2.09. The number of hydrogen-bond acceptors (Lipinski definition) is 4. The predicted molar refractivity (Wildman–Crippen MR) is 63.5 cm³/mol. The molecular weight excluding hydrogens is 241 g/mol. The molecular formula is C11H14FN3O3. The van der Waals surface area contributed by atoms with E-state index in [9.17, 15) is 14.0 Å². The zero-order chi connectivity index (χ0) is 13.7. The van der Waals surface area contributed by atoms with Crippen LogP contribution in [-0.4, -0.2) is 25.1 Å². The van der Waals surface area contributed by atoms with E-state index in [2.05, 4.69) is 5.32 Å². The van der Waals surface area contributed by atoms with E-state index in [0.29, 0.717) is 0 Å². The summed E-state index contributed by atoms with van der Waals surface area (Å²) in [6.07, 6.45) is -1.01. The first-order chi connectivity index (χ1) is 8.43. The molecule has 0 aliphatic rings. The second-order valence-electron chi connectivity index (χ2n) is 3.52. The van der Waals surface area contributed by atoms with Gasteiger partial charge in [-0.1, -0.05) is 0 Å². The summed E-state index contributed by atoms with van der Waals surface area (Å²) in [5, 5.41) is 4.24. The van der Waals surface area contributed by atoms with Crippen molar-refractivity contribution in [2.45, 2.75) is 13.0 Å². The molecule has 98 valence electrons. The molecule has 1 atom stereocenters. The van der Waals surface area contributed by atoms with E-state index >= 15 is 0 Å². The van der Waals surface area contributed by atoms with Crippen LogP contribution in [0.3, 0.4) is 0 Å². The predicted octanol–water partition coefficient (Wildman–Crippen LogP) is 0.631. The number of hydrogen-bond donors (Lipinski definition) is 3. The highest BCUT2D eigenvalue weighted by atomic mass is 19.1. The van der Waals surface area contributed by atoms with Gasteiger partial charge in [0.2, 0.25) is 0 Å². The minimum absolute atomic E-state index is 0.108. The molecule has 1 aromatic rings. The first-order valence-electron chi connectivity index (χ1n) is 5.18. The van der Waals surface area contributed by atoms with Crippen LogP contribution in [0.4, 0.5) is 14.9 Å². The van der Waals surface area contributed by atoms with Gasteiger partial charge in [0.15, 0.2) is 17.7 Å². The first-order valence-corrected chi connectivity index (χ1v) is 5.18. The summed E-state index contributed by atoms with van der Waals surface area (Å²) in [6.45, 7) is 1.40. The van der Waals surface area contributed by atoms with Gasteiger partial charge in [-0.15, -0.1) is 0 Å². The largest absolute Gasteiger partial charge is 0.478 e. The van der Waals surface area contributed by atoms with Crippen LogP contribution >= 0.6 is 0 Å². The summed E-state index contributed by atoms with van der Waals surface area (Å²) in [5.41, 5.74) is 5.63. The van der Waals surface area contributed by atoms with Crippen molar-refractivity contribution in [3.63, 3.8) is 0 Å². The molecule has 0 heterocycles. The van der Waals surface area contributed by atoms with Gasteiger partial charge in [0.1, 0.15) is 0 Å². The molecule has 3 amide bonds. The Hall–Kier alpha value is -2.31. The fourth-order valence-corrected chi connectivity index (χ4v) is 1.13. The van der Waals surface area contributed by atoms with E-state index in [1.165, 1.54) is 26.1 Å². The summed E-state index contributed by atoms with van der Waals surface area (Å²) in [5.74, 6) is -1.45. The maximum absolute atomic E-state index is 13.4. The summed E-state index contributed by atoms with van der Waals surface area (Å²) >= 11 is 0. The SMILES string of the molecule is CNC(=O)NC(=O)C(C)Oc1ccc(N)cc1F. The van der Waals surface area contributed by atoms with Crippen LogP contribution in [0.5, 0.6) is 5.75 Å². The number of nitrogens with one attached hydrogen (secondary N) is 2. The number of carbonyl (C=O) groups excluding carboxylic acids is 2. The van der Waals surface area contributed by atoms with E-state index in [0.717, 1.165) is 6.07 Å². The third-order valence-electron chi connectivity index (χ3n) is 2.09. The number of benzene rings is 1. The fraction of sp³-hybridized carbons (Fsp3) is 0.273. The summed E-state index contributed by atoms with van der Waals surface area (Å²) in [6, 6.07) is 3.18. The van der Waals surface area contributed by atoms with Crippen molar-refractivity contribution in [2.75, 3.05) is 12.8 Å². The van der Waals surface area contributed by atoms with Crippen LogP contribution in [0.1, 0.15) is 6.92 Å². The molecule has 0 aromatic heterocycles. The second kappa shape index (κ2) is 5.85. The number of nitrogen functional groups attached to an aromatic ring is 1. The molecule has 0 radical (unpaired) electrons. The average molecular weight is 255 g/mol. The van der Waals surface area contributed by atoms with Gasteiger partial charge < -0.3 is 15.8 Å². The normalized spacial score (nSPS) is 11.5. The number of nitrogens with two attached hydrogens (primary N) is 1. The maximum atomic E-state index is 13.4. The Bertz CT molecular complexity index is 465. The summed E-state index contributed by atoms with van der Waals surface area (Å²) in [4.78, 5) is 22.4. The lowest BCUT2D eigenvalue weighted by molar-refractivity contribution is -0.126. The van der Waals surface area contributed by atoms with E-state index in [1.54, 1.807) is 0 Å². The molecule has 6 nitrogen and oxygen atoms in total. The highest BCUT2D eigenvalue weighted by Crippen LogP contribution is 2.20. The van der Waals surface area contributed by atoms with Gasteiger partial charge in [-0.3, -0.25) is 10.1 Å². The summed E-state index contributed by atoms with van der Waals surface area (Å²) in [7, 11) is 1.37. The topological polar surface area (TPSA) is 93.5 Å². The molecule has 4 N–H and O–H groups in total. The van der Waals surface area contributed by atoms with Crippen molar-refractivity contribution < 1.29 is 18.7 Å². The molecule has 0 bridgehead atoms. The number of amides is 3. The van der Waals surface area contributed by atoms with Gasteiger partial charge in [0, 0.05) is 18.8 Å². The van der Waals surface area contributed by atoms with Crippen LogP contribution in [0.2, 0.25) is 0 Å². The highest BCUT2D eigenvalue weighted by Gasteiger charge is 2.18. The second-order valence-corrected chi connectivity index (χ2v) is 3.52. The molecule has 1 unspecified atom stereocenters. The number of carbonyl (C=O) groups is 2. The van der Waals surface area contributed by atoms with Gasteiger partial charge in [-0.25, -0.2) is 9.18 Å². The van der Waals surface area contributed by atoms with E-state index in [4.69, 9.17) is 10.5 Å². The van der Waals surface area contributed by atoms with Gasteiger partial charge in [-0.05, 0) is 19.1 Å². The van der Waals surface area contributed by atoms with Gasteiger partial charge in [0.05, 0.1) is 0 Å². The molecule has 0 fully saturated rings. The Morgan fingerprint density at radius 2 is 2.11 bits per heavy atom. The Balaban J connectivity index is 2.66. The monoisotopic (exact) mass is 255 g/mol. The van der Waals surface area contributed by atoms with Crippen molar-refractivity contribution >= 4 is 17.6 Å². The lowest BCUT2D eigenvalue weighted by atomic mass is 10.3. The van der Waals surface area contributed by atoms with Crippen LogP contribution in [0.15, 0.2) is 18.2 Å².